The van der Waals surface area contributed by atoms with Crippen LogP contribution in [0.1, 0.15) is 24.7 Å². The van der Waals surface area contributed by atoms with Crippen molar-refractivity contribution in [2.75, 3.05) is 0 Å². The van der Waals surface area contributed by atoms with E-state index in [1.165, 1.54) is 41.9 Å². The van der Waals surface area contributed by atoms with Crippen molar-refractivity contribution in [1.82, 2.24) is 29.1 Å². The number of aliphatic hydroxyl groups is 2. The molecule has 15 heteroatoms. The van der Waals surface area contributed by atoms with Crippen LogP contribution < -0.4 is 5.69 Å². The Kier molecular flexibility index (Phi) is 7.67. The standard InChI is InChI=1S/C22H18Cl3F3N6O3/c1-11(35)19-29-18(30-34(19)16-7-6-14(24)8-15(16)25)10-33-21(37)32(9-17(36)22(26,27)28)20(31-33)12-2-4-13(23)5-3-12/h2-8,11,17,35-36H,9-10H2,1H3. The van der Waals surface area contributed by atoms with Gasteiger partial charge in [-0.3, -0.25) is 4.57 Å². The molecule has 4 aromatic rings. The lowest BCUT2D eigenvalue weighted by molar-refractivity contribution is -0.207. The van der Waals surface area contributed by atoms with Gasteiger partial charge in [-0.15, -0.1) is 10.2 Å². The van der Waals surface area contributed by atoms with E-state index >= 15 is 0 Å². The van der Waals surface area contributed by atoms with Gasteiger partial charge in [0.1, 0.15) is 12.6 Å². The fraction of sp³-hybridized carbons (Fsp3) is 0.273. The van der Waals surface area contributed by atoms with Gasteiger partial charge in [0.15, 0.2) is 23.6 Å². The fourth-order valence-corrected chi connectivity index (χ4v) is 4.08. The predicted molar refractivity (Wildman–Crippen MR) is 130 cm³/mol. The molecule has 0 aliphatic heterocycles. The first-order valence-electron chi connectivity index (χ1n) is 10.6. The number of benzene rings is 2. The highest BCUT2D eigenvalue weighted by atomic mass is 35.5. The summed E-state index contributed by atoms with van der Waals surface area (Å²) in [4.78, 5) is 17.4. The molecule has 0 fully saturated rings. The van der Waals surface area contributed by atoms with E-state index in [2.05, 4.69) is 15.2 Å². The number of halogens is 6. The second-order valence-corrected chi connectivity index (χ2v) is 9.29. The Morgan fingerprint density at radius 3 is 2.24 bits per heavy atom. The van der Waals surface area contributed by atoms with Crippen LogP contribution in [0.25, 0.3) is 17.1 Å². The van der Waals surface area contributed by atoms with Gasteiger partial charge in [-0.2, -0.15) is 13.2 Å². The lowest BCUT2D eigenvalue weighted by atomic mass is 10.2. The molecule has 0 radical (unpaired) electrons. The number of nitrogens with zero attached hydrogens (tertiary/aromatic N) is 6. The summed E-state index contributed by atoms with van der Waals surface area (Å²) in [7, 11) is 0. The largest absolute Gasteiger partial charge is 0.416 e. The Labute approximate surface area is 222 Å². The molecule has 37 heavy (non-hydrogen) atoms. The van der Waals surface area contributed by atoms with E-state index in [9.17, 15) is 28.2 Å². The predicted octanol–water partition coefficient (Wildman–Crippen LogP) is 4.28. The summed E-state index contributed by atoms with van der Waals surface area (Å²) in [6.07, 6.45) is -8.85. The molecule has 2 heterocycles. The second-order valence-electron chi connectivity index (χ2n) is 8.01. The molecule has 0 aliphatic carbocycles. The highest BCUT2D eigenvalue weighted by Gasteiger charge is 2.39. The lowest BCUT2D eigenvalue weighted by Gasteiger charge is -2.15. The molecular weight excluding hydrogens is 560 g/mol. The fourth-order valence-electron chi connectivity index (χ4n) is 3.47. The maximum Gasteiger partial charge on any atom is 0.416 e. The highest BCUT2D eigenvalue weighted by molar-refractivity contribution is 6.35. The van der Waals surface area contributed by atoms with Crippen LogP contribution in [0, 0.1) is 0 Å². The molecule has 0 bridgehead atoms. The van der Waals surface area contributed by atoms with Gasteiger partial charge in [0.25, 0.3) is 0 Å². The Bertz CT molecular complexity index is 1480. The van der Waals surface area contributed by atoms with E-state index in [1.54, 1.807) is 12.1 Å². The Morgan fingerprint density at radius 1 is 1.00 bits per heavy atom. The monoisotopic (exact) mass is 576 g/mol. The van der Waals surface area contributed by atoms with E-state index in [4.69, 9.17) is 34.8 Å². The summed E-state index contributed by atoms with van der Waals surface area (Å²) in [6, 6.07) is 10.5. The van der Waals surface area contributed by atoms with Crippen molar-refractivity contribution in [3.8, 4) is 17.1 Å². The van der Waals surface area contributed by atoms with Gasteiger partial charge in [0.2, 0.25) is 0 Å². The quantitative estimate of drug-likeness (QED) is 0.339. The van der Waals surface area contributed by atoms with Crippen molar-refractivity contribution in [2.45, 2.75) is 38.4 Å². The van der Waals surface area contributed by atoms with Crippen molar-refractivity contribution in [1.29, 1.82) is 0 Å². The van der Waals surface area contributed by atoms with E-state index in [0.29, 0.717) is 25.9 Å². The first-order valence-corrected chi connectivity index (χ1v) is 11.8. The van der Waals surface area contributed by atoms with E-state index in [0.717, 1.165) is 4.68 Å². The summed E-state index contributed by atoms with van der Waals surface area (Å²) in [6.45, 7) is 0.0140. The smallest absolute Gasteiger partial charge is 0.385 e. The molecular formula is C22H18Cl3F3N6O3. The minimum Gasteiger partial charge on any atom is -0.385 e. The highest BCUT2D eigenvalue weighted by Crippen LogP contribution is 2.27. The van der Waals surface area contributed by atoms with E-state index in [-0.39, 0.29) is 29.0 Å². The molecule has 2 N–H and O–H groups in total. The molecule has 0 amide bonds. The molecule has 0 aliphatic rings. The molecule has 4 rings (SSSR count). The van der Waals surface area contributed by atoms with Crippen molar-refractivity contribution < 1.29 is 23.4 Å². The summed E-state index contributed by atoms with van der Waals surface area (Å²) in [5, 5.41) is 29.3. The van der Waals surface area contributed by atoms with Crippen LogP contribution in [-0.2, 0) is 13.1 Å². The van der Waals surface area contributed by atoms with Crippen molar-refractivity contribution in [3.63, 3.8) is 0 Å². The number of hydrogen-bond acceptors (Lipinski definition) is 6. The topological polar surface area (TPSA) is 111 Å². The molecule has 0 saturated heterocycles. The molecule has 2 atom stereocenters. The van der Waals surface area contributed by atoms with Gasteiger partial charge >= 0.3 is 11.9 Å². The maximum atomic E-state index is 13.1. The summed E-state index contributed by atoms with van der Waals surface area (Å²) in [5.41, 5.74) is -0.285. The van der Waals surface area contributed by atoms with Gasteiger partial charge in [0, 0.05) is 15.6 Å². The first kappa shape index (κ1) is 27.1. The third kappa shape index (κ3) is 5.83. The average Bonchev–Trinajstić information content (AvgIpc) is 3.36. The average molecular weight is 578 g/mol. The third-order valence-corrected chi connectivity index (χ3v) is 6.03. The number of alkyl halides is 3. The molecule has 0 spiro atoms. The number of aromatic nitrogens is 6. The second kappa shape index (κ2) is 10.5. The van der Waals surface area contributed by atoms with Crippen LogP contribution >= 0.6 is 34.8 Å². The van der Waals surface area contributed by atoms with Crippen LogP contribution in [0.5, 0.6) is 0 Å². The number of hydrogen-bond donors (Lipinski definition) is 2. The summed E-state index contributed by atoms with van der Waals surface area (Å²) in [5.74, 6) is -0.00860. The normalized spacial score (nSPS) is 13.6. The number of rotatable bonds is 7. The third-order valence-electron chi connectivity index (χ3n) is 5.24. The first-order chi connectivity index (χ1) is 17.3. The molecule has 2 unspecified atom stereocenters. The minimum absolute atomic E-state index is 0.0210. The maximum absolute atomic E-state index is 13.1. The van der Waals surface area contributed by atoms with Crippen molar-refractivity contribution in [2.24, 2.45) is 0 Å². The minimum atomic E-state index is -4.96. The van der Waals surface area contributed by atoms with Crippen LogP contribution in [0.3, 0.4) is 0 Å². The van der Waals surface area contributed by atoms with Crippen molar-refractivity contribution in [3.05, 3.63) is 79.7 Å². The SMILES string of the molecule is CC(O)c1nc(Cn2nc(-c3ccc(Cl)cc3)n(CC(O)C(F)(F)F)c2=O)nn1-c1ccc(Cl)cc1Cl. The van der Waals surface area contributed by atoms with Gasteiger partial charge in [-0.1, -0.05) is 34.8 Å². The molecule has 2 aromatic carbocycles. The Hall–Kier alpha value is -2.90. The Morgan fingerprint density at radius 2 is 1.65 bits per heavy atom. The summed E-state index contributed by atoms with van der Waals surface area (Å²) < 4.78 is 42.1. The Balaban J connectivity index is 1.78. The van der Waals surface area contributed by atoms with Gasteiger partial charge < -0.3 is 10.2 Å². The number of aliphatic hydroxyl groups excluding tert-OH is 2. The van der Waals surface area contributed by atoms with E-state index in [1.807, 2.05) is 0 Å². The zero-order valence-corrected chi connectivity index (χ0v) is 21.1. The lowest BCUT2D eigenvalue weighted by Crippen LogP contribution is -2.37. The zero-order valence-electron chi connectivity index (χ0n) is 18.9. The van der Waals surface area contributed by atoms with E-state index < -0.39 is 30.6 Å². The molecule has 9 nitrogen and oxygen atoms in total. The molecule has 2 aromatic heterocycles. The van der Waals surface area contributed by atoms with Crippen molar-refractivity contribution >= 4 is 34.8 Å². The van der Waals surface area contributed by atoms with Crippen LogP contribution in [0.2, 0.25) is 15.1 Å². The molecule has 0 saturated carbocycles. The zero-order chi connectivity index (χ0) is 27.1. The van der Waals surface area contributed by atoms with Gasteiger partial charge in [0.05, 0.1) is 17.3 Å². The summed E-state index contributed by atoms with van der Waals surface area (Å²) >= 11 is 18.1. The molecule has 196 valence electrons. The van der Waals surface area contributed by atoms with Crippen LogP contribution in [0.4, 0.5) is 13.2 Å². The van der Waals surface area contributed by atoms with Gasteiger partial charge in [-0.05, 0) is 49.4 Å². The van der Waals surface area contributed by atoms with Crippen LogP contribution in [0.15, 0.2) is 47.3 Å². The van der Waals surface area contributed by atoms with Crippen LogP contribution in [-0.4, -0.2) is 51.6 Å². The van der Waals surface area contributed by atoms with Gasteiger partial charge in [-0.25, -0.2) is 19.1 Å².